The lowest BCUT2D eigenvalue weighted by atomic mass is 10.0. The first-order chi connectivity index (χ1) is 9.68. The fraction of sp³-hybridized carbons (Fsp3) is 0.900. The third-order valence-corrected chi connectivity index (χ3v) is 3.09. The molecule has 0 aromatic carbocycles. The summed E-state index contributed by atoms with van der Waals surface area (Å²) in [7, 11) is 0. The summed E-state index contributed by atoms with van der Waals surface area (Å²) >= 11 is 10.7. The molecule has 0 aliphatic rings. The Morgan fingerprint density at radius 1 is 0.952 bits per heavy atom. The van der Waals surface area contributed by atoms with E-state index in [9.17, 15) is 25.2 Å². The predicted molar refractivity (Wildman–Crippen MR) is 71.4 cm³/mol. The highest BCUT2D eigenvalue weighted by molar-refractivity contribution is 6.53. The van der Waals surface area contributed by atoms with Gasteiger partial charge < -0.3 is 40.6 Å². The smallest absolute Gasteiger partial charge is 0.258 e. The number of rotatable bonds is 9. The predicted octanol–water partition coefficient (Wildman–Crippen LogP) is -3.63. The van der Waals surface area contributed by atoms with Crippen LogP contribution in [0.3, 0.4) is 0 Å². The molecule has 0 bridgehead atoms. The second kappa shape index (κ2) is 9.72. The Balaban J connectivity index is 4.99. The first-order valence-corrected chi connectivity index (χ1v) is 6.77. The van der Waals surface area contributed by atoms with Crippen molar-refractivity contribution in [3.63, 3.8) is 0 Å². The molecule has 0 rings (SSSR count). The minimum atomic E-state index is -2.11. The van der Waals surface area contributed by atoms with Crippen LogP contribution >= 0.6 is 23.2 Å². The van der Waals surface area contributed by atoms with Crippen LogP contribution < -0.4 is 0 Å². The fourth-order valence-corrected chi connectivity index (χ4v) is 1.75. The van der Waals surface area contributed by atoms with Crippen molar-refractivity contribution in [2.24, 2.45) is 0 Å². The van der Waals surface area contributed by atoms with E-state index in [1.165, 1.54) is 0 Å². The molecule has 5 atom stereocenters. The third-order valence-electron chi connectivity index (χ3n) is 2.72. The molecule has 9 nitrogen and oxygen atoms in total. The highest BCUT2D eigenvalue weighted by atomic mass is 35.5. The molecule has 0 spiro atoms. The number of nitrogens with zero attached hydrogens (tertiary/aromatic N) is 1. The Bertz CT molecular complexity index is 321. The van der Waals surface area contributed by atoms with E-state index in [0.717, 1.165) is 0 Å². The molecule has 1 amide bonds. The first-order valence-electron chi connectivity index (χ1n) is 5.89. The van der Waals surface area contributed by atoms with E-state index in [4.69, 9.17) is 38.5 Å². The monoisotopic (exact) mass is 351 g/mol. The maximum Gasteiger partial charge on any atom is 0.258 e. The van der Waals surface area contributed by atoms with Gasteiger partial charge in [-0.2, -0.15) is 0 Å². The van der Waals surface area contributed by atoms with E-state index in [1.807, 2.05) is 0 Å². The van der Waals surface area contributed by atoms with Crippen LogP contribution in [-0.4, -0.2) is 102 Å². The Hall–Kier alpha value is -0.230. The van der Waals surface area contributed by atoms with Gasteiger partial charge in [0.15, 0.2) is 11.1 Å². The fourth-order valence-electron chi connectivity index (χ4n) is 1.50. The average molecular weight is 352 g/mol. The standard InChI is InChI=1S/C10H19Cl2NO8/c11-8(12)10(21)13(1-2-14)9(20)7(19)6(18)5(17)4(16)3-15/h4-9,14-20H,1-3H2/t4-,5-,6+,7-,9?/m1/s1. The van der Waals surface area contributed by atoms with Crippen LogP contribution in [0.25, 0.3) is 0 Å². The van der Waals surface area contributed by atoms with Crippen LogP contribution in [0.15, 0.2) is 0 Å². The number of alkyl halides is 2. The first kappa shape index (κ1) is 20.8. The van der Waals surface area contributed by atoms with Gasteiger partial charge >= 0.3 is 0 Å². The largest absolute Gasteiger partial charge is 0.395 e. The van der Waals surface area contributed by atoms with Crippen molar-refractivity contribution >= 4 is 29.1 Å². The van der Waals surface area contributed by atoms with Crippen LogP contribution in [-0.2, 0) is 4.79 Å². The van der Waals surface area contributed by atoms with Gasteiger partial charge in [0.25, 0.3) is 5.91 Å². The summed E-state index contributed by atoms with van der Waals surface area (Å²) < 4.78 is 0. The van der Waals surface area contributed by atoms with Gasteiger partial charge in [0.05, 0.1) is 13.2 Å². The van der Waals surface area contributed by atoms with Gasteiger partial charge in [-0.1, -0.05) is 23.2 Å². The number of aliphatic hydroxyl groups excluding tert-OH is 7. The lowest BCUT2D eigenvalue weighted by molar-refractivity contribution is -0.179. The molecule has 7 N–H and O–H groups in total. The van der Waals surface area contributed by atoms with Gasteiger partial charge in [-0.3, -0.25) is 4.79 Å². The molecule has 126 valence electrons. The van der Waals surface area contributed by atoms with Gasteiger partial charge in [0, 0.05) is 6.54 Å². The zero-order chi connectivity index (χ0) is 16.7. The Morgan fingerprint density at radius 2 is 1.48 bits per heavy atom. The molecule has 1 unspecified atom stereocenters. The summed E-state index contributed by atoms with van der Waals surface area (Å²) in [4.78, 5) is 10.5. The number of hydrogen-bond acceptors (Lipinski definition) is 8. The van der Waals surface area contributed by atoms with Crippen molar-refractivity contribution in [2.45, 2.75) is 35.5 Å². The highest BCUT2D eigenvalue weighted by Crippen LogP contribution is 2.15. The molecule has 0 aliphatic carbocycles. The average Bonchev–Trinajstić information content (AvgIpc) is 2.47. The molecular weight excluding hydrogens is 333 g/mol. The second-order valence-corrected chi connectivity index (χ2v) is 5.29. The number of carbonyl (C=O) groups is 1. The number of halogens is 2. The summed E-state index contributed by atoms with van der Waals surface area (Å²) in [6.07, 6.45) is -9.99. The number of carbonyl (C=O) groups excluding carboxylic acids is 1. The third kappa shape index (κ3) is 5.81. The van der Waals surface area contributed by atoms with E-state index < -0.39 is 61.1 Å². The van der Waals surface area contributed by atoms with Crippen molar-refractivity contribution < 1.29 is 40.5 Å². The Morgan fingerprint density at radius 3 is 1.86 bits per heavy atom. The molecule has 0 radical (unpaired) electrons. The molecule has 0 heterocycles. The topological polar surface area (TPSA) is 162 Å². The number of amides is 1. The number of hydrogen-bond donors (Lipinski definition) is 7. The molecule has 0 aromatic heterocycles. The quantitative estimate of drug-likeness (QED) is 0.165. The highest BCUT2D eigenvalue weighted by Gasteiger charge is 2.38. The minimum absolute atomic E-state index is 0.446. The van der Waals surface area contributed by atoms with E-state index in [-0.39, 0.29) is 0 Å². The van der Waals surface area contributed by atoms with Gasteiger partial charge in [-0.25, -0.2) is 0 Å². The van der Waals surface area contributed by atoms with Crippen molar-refractivity contribution in [2.75, 3.05) is 19.8 Å². The number of aliphatic hydroxyl groups is 7. The summed E-state index contributed by atoms with van der Waals surface area (Å²) in [6.45, 7) is -1.93. The van der Waals surface area contributed by atoms with E-state index in [1.54, 1.807) is 0 Å². The molecule has 0 aromatic rings. The minimum Gasteiger partial charge on any atom is -0.395 e. The van der Waals surface area contributed by atoms with Crippen LogP contribution in [0.2, 0.25) is 0 Å². The van der Waals surface area contributed by atoms with E-state index in [0.29, 0.717) is 4.90 Å². The zero-order valence-corrected chi connectivity index (χ0v) is 12.3. The second-order valence-electron chi connectivity index (χ2n) is 4.19. The van der Waals surface area contributed by atoms with Gasteiger partial charge in [0.1, 0.15) is 24.4 Å². The van der Waals surface area contributed by atoms with Crippen LogP contribution in [0.4, 0.5) is 0 Å². The SMILES string of the molecule is O=C(C(Cl)Cl)N(CCO)C(O)[C@H](O)[C@@H](O)[C@H](O)[C@H](O)CO. The van der Waals surface area contributed by atoms with Crippen LogP contribution in [0.5, 0.6) is 0 Å². The molecule has 21 heavy (non-hydrogen) atoms. The summed E-state index contributed by atoms with van der Waals surface area (Å²) in [5, 5.41) is 65.2. The van der Waals surface area contributed by atoms with Crippen LogP contribution in [0, 0.1) is 0 Å². The van der Waals surface area contributed by atoms with Crippen molar-refractivity contribution in [1.82, 2.24) is 4.90 Å². The summed E-state index contributed by atoms with van der Waals surface area (Å²) in [5.41, 5.74) is 0. The zero-order valence-electron chi connectivity index (χ0n) is 10.8. The van der Waals surface area contributed by atoms with Gasteiger partial charge in [0.2, 0.25) is 0 Å². The van der Waals surface area contributed by atoms with E-state index >= 15 is 0 Å². The Kier molecular flexibility index (Phi) is 9.61. The van der Waals surface area contributed by atoms with Crippen LogP contribution in [0.1, 0.15) is 0 Å². The maximum absolute atomic E-state index is 11.6. The van der Waals surface area contributed by atoms with Crippen molar-refractivity contribution in [3.05, 3.63) is 0 Å². The van der Waals surface area contributed by atoms with E-state index in [2.05, 4.69) is 0 Å². The Labute approximate surface area is 130 Å². The van der Waals surface area contributed by atoms with Crippen molar-refractivity contribution in [1.29, 1.82) is 0 Å². The maximum atomic E-state index is 11.6. The lowest BCUT2D eigenvalue weighted by Gasteiger charge is -2.34. The normalized spacial score (nSPS) is 19.0. The molecule has 11 heteroatoms. The summed E-state index contributed by atoms with van der Waals surface area (Å²) in [6, 6.07) is 0. The van der Waals surface area contributed by atoms with Gasteiger partial charge in [-0.15, -0.1) is 0 Å². The summed E-state index contributed by atoms with van der Waals surface area (Å²) in [5.74, 6) is -1.04. The molecule has 0 aliphatic heterocycles. The lowest BCUT2D eigenvalue weighted by Crippen LogP contribution is -2.57. The van der Waals surface area contributed by atoms with Crippen molar-refractivity contribution in [3.8, 4) is 0 Å². The van der Waals surface area contributed by atoms with Gasteiger partial charge in [-0.05, 0) is 0 Å². The molecular formula is C10H19Cl2NO8. The molecule has 0 saturated carbocycles. The molecule has 0 saturated heterocycles. The molecule has 0 fully saturated rings.